The summed E-state index contributed by atoms with van der Waals surface area (Å²) in [5, 5.41) is 0. The van der Waals surface area contributed by atoms with Crippen molar-refractivity contribution in [2.75, 3.05) is 7.11 Å². The summed E-state index contributed by atoms with van der Waals surface area (Å²) in [6.07, 6.45) is -3.44. The fourth-order valence-corrected chi connectivity index (χ4v) is 0.785. The molecule has 1 aromatic rings. The van der Waals surface area contributed by atoms with E-state index < -0.39 is 6.18 Å². The highest BCUT2D eigenvalue weighted by Gasteiger charge is 2.15. The van der Waals surface area contributed by atoms with Gasteiger partial charge < -0.3 is 9.73 Å². The predicted octanol–water partition coefficient (Wildman–Crippen LogP) is 2.84. The monoisotopic (exact) mass is 202 g/mol. The standard InChI is InChI=1S/C9H7F3NO/c1-14-8-4-2-7(3-5-8)13-6-9(10,11)12/h2-5H,1H3/q-1. The van der Waals surface area contributed by atoms with Crippen LogP contribution < -0.4 is 4.74 Å². The average molecular weight is 202 g/mol. The molecule has 0 N–H and O–H groups in total. The van der Waals surface area contributed by atoms with Crippen LogP contribution in [0.3, 0.4) is 0 Å². The molecule has 0 amide bonds. The molecule has 0 aliphatic rings. The second kappa shape index (κ2) is 4.13. The van der Waals surface area contributed by atoms with Crippen molar-refractivity contribution in [2.45, 2.75) is 6.18 Å². The largest absolute Gasteiger partial charge is 0.497 e. The minimum absolute atomic E-state index is 0.183. The van der Waals surface area contributed by atoms with E-state index in [-0.39, 0.29) is 5.69 Å². The number of alkyl halides is 3. The van der Waals surface area contributed by atoms with Crippen LogP contribution in [0.4, 0.5) is 18.9 Å². The SMILES string of the molecule is COc1ccc(N=[C-]C(F)(F)F)cc1. The quantitative estimate of drug-likeness (QED) is 0.533. The van der Waals surface area contributed by atoms with Gasteiger partial charge in [0.2, 0.25) is 0 Å². The Morgan fingerprint density at radius 1 is 1.21 bits per heavy atom. The van der Waals surface area contributed by atoms with Crippen LogP contribution in [0.25, 0.3) is 0 Å². The molecule has 0 fully saturated rings. The molecule has 0 heterocycles. The second-order valence-electron chi connectivity index (χ2n) is 2.42. The lowest BCUT2D eigenvalue weighted by atomic mass is 10.3. The van der Waals surface area contributed by atoms with Gasteiger partial charge in [0, 0.05) is 0 Å². The highest BCUT2D eigenvalue weighted by molar-refractivity contribution is 5.68. The Labute approximate surface area is 79.0 Å². The zero-order valence-corrected chi connectivity index (χ0v) is 7.30. The van der Waals surface area contributed by atoms with Crippen LogP contribution in [-0.2, 0) is 0 Å². The van der Waals surface area contributed by atoms with Crippen molar-refractivity contribution in [3.8, 4) is 5.75 Å². The Bertz CT molecular complexity index is 316. The number of halogens is 3. The molecule has 0 atom stereocenters. The topological polar surface area (TPSA) is 21.6 Å². The van der Waals surface area contributed by atoms with E-state index in [0.717, 1.165) is 6.21 Å². The number of nitrogens with zero attached hydrogens (tertiary/aromatic N) is 1. The lowest BCUT2D eigenvalue weighted by Crippen LogP contribution is -2.07. The number of benzene rings is 1. The molecule has 0 spiro atoms. The zero-order chi connectivity index (χ0) is 10.6. The number of hydrogen-bond donors (Lipinski definition) is 0. The van der Waals surface area contributed by atoms with Crippen molar-refractivity contribution >= 4 is 11.9 Å². The zero-order valence-electron chi connectivity index (χ0n) is 7.30. The third kappa shape index (κ3) is 3.47. The van der Waals surface area contributed by atoms with Gasteiger partial charge in [0.05, 0.1) is 7.11 Å². The van der Waals surface area contributed by atoms with Gasteiger partial charge in [-0.1, -0.05) is 11.9 Å². The third-order valence-corrected chi connectivity index (χ3v) is 1.38. The molecular formula is C9H7F3NO-. The van der Waals surface area contributed by atoms with Gasteiger partial charge >= 0.3 is 6.18 Å². The molecular weight excluding hydrogens is 195 g/mol. The maximum absolute atomic E-state index is 11.7. The van der Waals surface area contributed by atoms with E-state index in [1.807, 2.05) is 0 Å². The summed E-state index contributed by atoms with van der Waals surface area (Å²) in [6, 6.07) is 5.88. The molecule has 0 aliphatic carbocycles. The highest BCUT2D eigenvalue weighted by Crippen LogP contribution is 2.19. The van der Waals surface area contributed by atoms with Crippen LogP contribution in [0.5, 0.6) is 5.75 Å². The van der Waals surface area contributed by atoms with Crippen molar-refractivity contribution in [1.29, 1.82) is 0 Å². The molecule has 0 bridgehead atoms. The van der Waals surface area contributed by atoms with Crippen molar-refractivity contribution in [2.24, 2.45) is 4.99 Å². The first kappa shape index (κ1) is 10.6. The molecule has 2 nitrogen and oxygen atoms in total. The van der Waals surface area contributed by atoms with Crippen molar-refractivity contribution in [1.82, 2.24) is 0 Å². The molecule has 0 aliphatic heterocycles. The molecule has 0 aromatic heterocycles. The summed E-state index contributed by atoms with van der Waals surface area (Å²) in [4.78, 5) is 3.12. The lowest BCUT2D eigenvalue weighted by Gasteiger charge is -2.08. The van der Waals surface area contributed by atoms with Gasteiger partial charge in [-0.2, -0.15) is 13.2 Å². The Morgan fingerprint density at radius 2 is 1.79 bits per heavy atom. The van der Waals surface area contributed by atoms with Crippen molar-refractivity contribution in [3.05, 3.63) is 24.3 Å². The molecule has 0 saturated heterocycles. The van der Waals surface area contributed by atoms with Gasteiger partial charge in [-0.3, -0.25) is 0 Å². The number of rotatable bonds is 2. The first-order chi connectivity index (χ1) is 6.51. The molecule has 5 heteroatoms. The molecule has 0 unspecified atom stereocenters. The van der Waals surface area contributed by atoms with Crippen molar-refractivity contribution in [3.63, 3.8) is 0 Å². The van der Waals surface area contributed by atoms with Crippen LogP contribution in [0, 0.1) is 0 Å². The first-order valence-electron chi connectivity index (χ1n) is 3.70. The lowest BCUT2D eigenvalue weighted by molar-refractivity contribution is -0.0535. The van der Waals surface area contributed by atoms with Gasteiger partial charge in [0.25, 0.3) is 0 Å². The first-order valence-corrected chi connectivity index (χ1v) is 3.70. The van der Waals surface area contributed by atoms with Gasteiger partial charge in [0.15, 0.2) is 0 Å². The molecule has 0 radical (unpaired) electrons. The molecule has 76 valence electrons. The minimum atomic E-state index is -4.50. The highest BCUT2D eigenvalue weighted by atomic mass is 19.4. The Kier molecular flexibility index (Phi) is 3.11. The Hall–Kier alpha value is -1.52. The predicted molar refractivity (Wildman–Crippen MR) is 46.1 cm³/mol. The van der Waals surface area contributed by atoms with Crippen LogP contribution in [0.15, 0.2) is 29.3 Å². The van der Waals surface area contributed by atoms with Crippen molar-refractivity contribution < 1.29 is 17.9 Å². The van der Waals surface area contributed by atoms with Gasteiger partial charge in [0.1, 0.15) is 5.75 Å². The van der Waals surface area contributed by atoms with Crippen LogP contribution in [-0.4, -0.2) is 19.5 Å². The summed E-state index contributed by atoms with van der Waals surface area (Å²) in [6.45, 7) is 0. The van der Waals surface area contributed by atoms with Crippen LogP contribution in [0.2, 0.25) is 0 Å². The van der Waals surface area contributed by atoms with E-state index in [9.17, 15) is 13.2 Å². The molecule has 1 rings (SSSR count). The van der Waals surface area contributed by atoms with E-state index in [4.69, 9.17) is 4.74 Å². The molecule has 1 aromatic carbocycles. The minimum Gasteiger partial charge on any atom is -0.497 e. The van der Waals surface area contributed by atoms with E-state index in [1.165, 1.54) is 31.4 Å². The number of hydrogen-bond acceptors (Lipinski definition) is 2. The summed E-state index contributed by atoms with van der Waals surface area (Å²) in [5.41, 5.74) is 0.183. The number of ether oxygens (including phenoxy) is 1. The summed E-state index contributed by atoms with van der Waals surface area (Å²) in [5.74, 6) is 0.566. The maximum atomic E-state index is 11.7. The number of methoxy groups -OCH3 is 1. The van der Waals surface area contributed by atoms with E-state index in [1.54, 1.807) is 0 Å². The summed E-state index contributed by atoms with van der Waals surface area (Å²) >= 11 is 0. The Balaban J connectivity index is 2.74. The summed E-state index contributed by atoms with van der Waals surface area (Å²) < 4.78 is 39.8. The number of aliphatic imine (C=N–C) groups is 1. The van der Waals surface area contributed by atoms with E-state index >= 15 is 0 Å². The fraction of sp³-hybridized carbons (Fsp3) is 0.222. The normalized spacial score (nSPS) is 12.0. The molecule has 14 heavy (non-hydrogen) atoms. The Morgan fingerprint density at radius 3 is 2.21 bits per heavy atom. The third-order valence-electron chi connectivity index (χ3n) is 1.38. The summed E-state index contributed by atoms with van der Waals surface area (Å²) in [7, 11) is 1.47. The smallest absolute Gasteiger partial charge is 0.350 e. The fourth-order valence-electron chi connectivity index (χ4n) is 0.785. The maximum Gasteiger partial charge on any atom is 0.350 e. The average Bonchev–Trinajstić information content (AvgIpc) is 2.14. The van der Waals surface area contributed by atoms with Gasteiger partial charge in [-0.25, -0.2) is 0 Å². The molecule has 0 saturated carbocycles. The van der Waals surface area contributed by atoms with Crippen LogP contribution in [0.1, 0.15) is 0 Å². The van der Waals surface area contributed by atoms with E-state index in [0.29, 0.717) is 5.75 Å². The second-order valence-corrected chi connectivity index (χ2v) is 2.42. The van der Waals surface area contributed by atoms with Gasteiger partial charge in [-0.05, 0) is 12.1 Å². The van der Waals surface area contributed by atoms with Gasteiger partial charge in [-0.15, -0.1) is 12.1 Å². The van der Waals surface area contributed by atoms with E-state index in [2.05, 4.69) is 4.99 Å². The van der Waals surface area contributed by atoms with Crippen LogP contribution >= 0.6 is 0 Å².